The highest BCUT2D eigenvalue weighted by Crippen LogP contribution is 2.17. The van der Waals surface area contributed by atoms with Crippen molar-refractivity contribution in [2.75, 3.05) is 0 Å². The molecule has 1 aromatic carbocycles. The van der Waals surface area contributed by atoms with Gasteiger partial charge >= 0.3 is 0 Å². The van der Waals surface area contributed by atoms with Crippen LogP contribution in [-0.2, 0) is 19.7 Å². The highest BCUT2D eigenvalue weighted by atomic mass is 19.2. The monoisotopic (exact) mass is 362 g/mol. The molecule has 0 radical (unpaired) electrons. The molecule has 7 nitrogen and oxygen atoms in total. The largest absolute Gasteiger partial charge is 0.485 e. The third-order valence-electron chi connectivity index (χ3n) is 3.61. The second-order valence-electron chi connectivity index (χ2n) is 5.36. The third-order valence-corrected chi connectivity index (χ3v) is 3.61. The first-order valence-electron chi connectivity index (χ1n) is 7.88. The van der Waals surface area contributed by atoms with E-state index in [1.807, 2.05) is 17.7 Å². The fraction of sp³-hybridized carbons (Fsp3) is 0.235. The molecule has 0 saturated carbocycles. The SMILES string of the molecule is CCn1ccnc1CNC(=O)c1cc(COc2ccc(F)c(F)c2)on1. The van der Waals surface area contributed by atoms with Gasteiger partial charge in [0.15, 0.2) is 23.1 Å². The molecule has 136 valence electrons. The Bertz CT molecular complexity index is 907. The maximum absolute atomic E-state index is 13.1. The molecule has 3 aromatic rings. The first kappa shape index (κ1) is 17.6. The van der Waals surface area contributed by atoms with E-state index in [1.165, 1.54) is 12.1 Å². The van der Waals surface area contributed by atoms with Crippen molar-refractivity contribution < 1.29 is 22.8 Å². The third kappa shape index (κ3) is 4.05. The van der Waals surface area contributed by atoms with Gasteiger partial charge in [-0.3, -0.25) is 4.79 Å². The van der Waals surface area contributed by atoms with E-state index in [1.54, 1.807) is 6.20 Å². The summed E-state index contributed by atoms with van der Waals surface area (Å²) in [4.78, 5) is 16.3. The van der Waals surface area contributed by atoms with Gasteiger partial charge in [-0.2, -0.15) is 0 Å². The number of amides is 1. The molecule has 0 fully saturated rings. The lowest BCUT2D eigenvalue weighted by atomic mass is 10.3. The second-order valence-corrected chi connectivity index (χ2v) is 5.36. The molecule has 9 heteroatoms. The molecule has 1 N–H and O–H groups in total. The van der Waals surface area contributed by atoms with Gasteiger partial charge in [0, 0.05) is 31.1 Å². The highest BCUT2D eigenvalue weighted by molar-refractivity contribution is 5.92. The molecule has 0 atom stereocenters. The van der Waals surface area contributed by atoms with Crippen LogP contribution in [0.15, 0.2) is 41.2 Å². The Labute approximate surface area is 147 Å². The topological polar surface area (TPSA) is 82.2 Å². The van der Waals surface area contributed by atoms with Crippen LogP contribution in [0.4, 0.5) is 8.78 Å². The molecule has 0 aliphatic rings. The highest BCUT2D eigenvalue weighted by Gasteiger charge is 2.14. The molecular weight excluding hydrogens is 346 g/mol. The molecule has 0 aliphatic heterocycles. The van der Waals surface area contributed by atoms with Crippen LogP contribution in [0.2, 0.25) is 0 Å². The minimum atomic E-state index is -1.01. The van der Waals surface area contributed by atoms with E-state index >= 15 is 0 Å². The first-order valence-corrected chi connectivity index (χ1v) is 7.88. The van der Waals surface area contributed by atoms with E-state index in [9.17, 15) is 13.6 Å². The molecular formula is C17H16F2N4O3. The lowest BCUT2D eigenvalue weighted by Gasteiger charge is -2.05. The van der Waals surface area contributed by atoms with Gasteiger partial charge in [-0.25, -0.2) is 13.8 Å². The number of halogens is 2. The van der Waals surface area contributed by atoms with Gasteiger partial charge in [0.25, 0.3) is 5.91 Å². The zero-order chi connectivity index (χ0) is 18.5. The summed E-state index contributed by atoms with van der Waals surface area (Å²) in [5.74, 6) is -1.25. The van der Waals surface area contributed by atoms with E-state index in [-0.39, 0.29) is 30.4 Å². The quantitative estimate of drug-likeness (QED) is 0.699. The average molecular weight is 362 g/mol. The summed E-state index contributed by atoms with van der Waals surface area (Å²) < 4.78 is 38.2. The van der Waals surface area contributed by atoms with E-state index in [0.717, 1.165) is 24.5 Å². The summed E-state index contributed by atoms with van der Waals surface area (Å²) in [6, 6.07) is 4.60. The minimum Gasteiger partial charge on any atom is -0.485 e. The Morgan fingerprint density at radius 1 is 1.31 bits per heavy atom. The summed E-state index contributed by atoms with van der Waals surface area (Å²) in [6.07, 6.45) is 3.49. The number of aryl methyl sites for hydroxylation is 1. The molecule has 0 unspecified atom stereocenters. The van der Waals surface area contributed by atoms with Gasteiger partial charge in [0.05, 0.1) is 6.54 Å². The number of aromatic nitrogens is 3. The number of carbonyl (C=O) groups excluding carboxylic acids is 1. The number of nitrogens with one attached hydrogen (secondary N) is 1. The molecule has 26 heavy (non-hydrogen) atoms. The van der Waals surface area contributed by atoms with Crippen molar-refractivity contribution in [1.29, 1.82) is 0 Å². The summed E-state index contributed by atoms with van der Waals surface area (Å²) in [6.45, 7) is 2.91. The van der Waals surface area contributed by atoms with E-state index in [0.29, 0.717) is 0 Å². The van der Waals surface area contributed by atoms with Crippen LogP contribution in [0.5, 0.6) is 5.75 Å². The number of ether oxygens (including phenoxy) is 1. The fourth-order valence-electron chi connectivity index (χ4n) is 2.25. The van der Waals surface area contributed by atoms with Crippen LogP contribution in [0.25, 0.3) is 0 Å². The lowest BCUT2D eigenvalue weighted by Crippen LogP contribution is -2.24. The average Bonchev–Trinajstić information content (AvgIpc) is 3.29. The molecule has 3 rings (SSSR count). The predicted molar refractivity (Wildman–Crippen MR) is 86.3 cm³/mol. The summed E-state index contributed by atoms with van der Waals surface area (Å²) in [7, 11) is 0. The summed E-state index contributed by atoms with van der Waals surface area (Å²) >= 11 is 0. The van der Waals surface area contributed by atoms with Gasteiger partial charge in [-0.1, -0.05) is 5.16 Å². The van der Waals surface area contributed by atoms with Crippen molar-refractivity contribution in [3.8, 4) is 5.75 Å². The smallest absolute Gasteiger partial charge is 0.273 e. The number of benzene rings is 1. The number of carbonyl (C=O) groups is 1. The predicted octanol–water partition coefficient (Wildman–Crippen LogP) is 2.68. The van der Waals surface area contributed by atoms with E-state index in [2.05, 4.69) is 15.5 Å². The van der Waals surface area contributed by atoms with E-state index < -0.39 is 17.5 Å². The van der Waals surface area contributed by atoms with Gasteiger partial charge in [0.1, 0.15) is 18.2 Å². The van der Waals surface area contributed by atoms with E-state index in [4.69, 9.17) is 9.26 Å². The Balaban J connectivity index is 1.55. The number of rotatable bonds is 7. The van der Waals surface area contributed by atoms with Crippen molar-refractivity contribution >= 4 is 5.91 Å². The fourth-order valence-corrected chi connectivity index (χ4v) is 2.25. The van der Waals surface area contributed by atoms with Gasteiger partial charge in [0.2, 0.25) is 0 Å². The van der Waals surface area contributed by atoms with Crippen molar-refractivity contribution in [3.63, 3.8) is 0 Å². The Morgan fingerprint density at radius 3 is 2.92 bits per heavy atom. The van der Waals surface area contributed by atoms with Gasteiger partial charge in [-0.05, 0) is 19.1 Å². The molecule has 2 aromatic heterocycles. The summed E-state index contributed by atoms with van der Waals surface area (Å²) in [5.41, 5.74) is 0.0866. The van der Waals surface area contributed by atoms with Crippen LogP contribution in [-0.4, -0.2) is 20.6 Å². The molecule has 0 saturated heterocycles. The molecule has 0 bridgehead atoms. The van der Waals surface area contributed by atoms with Crippen LogP contribution in [0, 0.1) is 11.6 Å². The normalized spacial score (nSPS) is 10.7. The summed E-state index contributed by atoms with van der Waals surface area (Å²) in [5, 5.41) is 6.37. The van der Waals surface area contributed by atoms with Crippen LogP contribution in [0.3, 0.4) is 0 Å². The second kappa shape index (κ2) is 7.77. The van der Waals surface area contributed by atoms with Crippen LogP contribution >= 0.6 is 0 Å². The van der Waals surface area contributed by atoms with Crippen molar-refractivity contribution in [2.45, 2.75) is 26.6 Å². The number of hydrogen-bond donors (Lipinski definition) is 1. The number of hydrogen-bond acceptors (Lipinski definition) is 5. The zero-order valence-corrected chi connectivity index (χ0v) is 13.9. The number of imidazole rings is 1. The van der Waals surface area contributed by atoms with Crippen molar-refractivity contribution in [2.24, 2.45) is 0 Å². The van der Waals surface area contributed by atoms with Crippen molar-refractivity contribution in [3.05, 3.63) is 65.6 Å². The van der Waals surface area contributed by atoms with Gasteiger partial charge < -0.3 is 19.1 Å². The standard InChI is InChI=1S/C17H16F2N4O3/c1-2-23-6-5-20-16(23)9-21-17(24)15-8-12(26-22-15)10-25-11-3-4-13(18)14(19)7-11/h3-8H,2,9-10H2,1H3,(H,21,24). The van der Waals surface area contributed by atoms with Crippen LogP contribution in [0.1, 0.15) is 29.0 Å². The Morgan fingerprint density at radius 2 is 2.15 bits per heavy atom. The molecule has 2 heterocycles. The Kier molecular flexibility index (Phi) is 5.26. The molecule has 1 amide bonds. The zero-order valence-electron chi connectivity index (χ0n) is 13.9. The molecule has 0 spiro atoms. The van der Waals surface area contributed by atoms with Gasteiger partial charge in [-0.15, -0.1) is 0 Å². The number of nitrogens with zero attached hydrogens (tertiary/aromatic N) is 3. The first-order chi connectivity index (χ1) is 12.6. The Hall–Kier alpha value is -3.23. The van der Waals surface area contributed by atoms with Crippen molar-refractivity contribution in [1.82, 2.24) is 20.0 Å². The lowest BCUT2D eigenvalue weighted by molar-refractivity contribution is 0.0940. The van der Waals surface area contributed by atoms with Crippen LogP contribution < -0.4 is 10.1 Å². The minimum absolute atomic E-state index is 0.0778. The maximum atomic E-state index is 13.1. The molecule has 0 aliphatic carbocycles. The maximum Gasteiger partial charge on any atom is 0.273 e.